The molecule has 238 valence electrons. The molecule has 2 aromatic carbocycles. The van der Waals surface area contributed by atoms with Gasteiger partial charge in [0.05, 0.1) is 0 Å². The Hall–Kier alpha value is -4.26. The summed E-state index contributed by atoms with van der Waals surface area (Å²) >= 11 is 1.14. The van der Waals surface area contributed by atoms with E-state index in [1.807, 2.05) is 12.1 Å². The van der Waals surface area contributed by atoms with Crippen LogP contribution in [0.2, 0.25) is 0 Å². The number of ether oxygens (including phenoxy) is 2. The smallest absolute Gasteiger partial charge is 0.408 e. The standard InChI is InChI=1S/C32H32F3N3O6S/c1-31(2,3)44-30(42)36-23-27(40)38-24(29(41)43-25(19-10-6-4-7-11-19)20-12-8-5-9-13-20)22(17-45-28(23)38)16-21-14-15-37(26(21)39)18-32(33,34)35/h4-13,16-17,23-25,28H,14-15,18H2,1-3H3,(H,36,42). The number of hydrogen-bond donors (Lipinski definition) is 1. The molecule has 3 unspecified atom stereocenters. The third kappa shape index (κ3) is 7.35. The summed E-state index contributed by atoms with van der Waals surface area (Å²) in [4.78, 5) is 54.8. The highest BCUT2D eigenvalue weighted by molar-refractivity contribution is 8.03. The first kappa shape index (κ1) is 32.1. The fourth-order valence-corrected chi connectivity index (χ4v) is 6.53. The molecule has 5 rings (SSSR count). The molecule has 13 heteroatoms. The lowest BCUT2D eigenvalue weighted by molar-refractivity contribution is -0.164. The van der Waals surface area contributed by atoms with E-state index in [-0.39, 0.29) is 24.1 Å². The van der Waals surface area contributed by atoms with Crippen molar-refractivity contribution in [1.29, 1.82) is 0 Å². The number of hydrogen-bond acceptors (Lipinski definition) is 7. The minimum absolute atomic E-state index is 0.0372. The zero-order chi connectivity index (χ0) is 32.5. The Morgan fingerprint density at radius 3 is 2.18 bits per heavy atom. The Labute approximate surface area is 262 Å². The summed E-state index contributed by atoms with van der Waals surface area (Å²) in [5.41, 5.74) is 0.857. The highest BCUT2D eigenvalue weighted by Gasteiger charge is 2.56. The van der Waals surface area contributed by atoms with Crippen LogP contribution in [0.15, 0.2) is 83.3 Å². The molecule has 0 saturated carbocycles. The van der Waals surface area contributed by atoms with Gasteiger partial charge in [-0.3, -0.25) is 9.59 Å². The van der Waals surface area contributed by atoms with Crippen molar-refractivity contribution < 1.29 is 41.8 Å². The Morgan fingerprint density at radius 1 is 1.02 bits per heavy atom. The Bertz CT molecular complexity index is 1480. The zero-order valence-corrected chi connectivity index (χ0v) is 25.6. The molecule has 2 saturated heterocycles. The first-order chi connectivity index (χ1) is 21.2. The van der Waals surface area contributed by atoms with E-state index in [1.165, 1.54) is 11.0 Å². The number of carbonyl (C=O) groups excluding carboxylic acids is 4. The van der Waals surface area contributed by atoms with Gasteiger partial charge in [0.2, 0.25) is 11.8 Å². The summed E-state index contributed by atoms with van der Waals surface area (Å²) in [6.45, 7) is 3.53. The van der Waals surface area contributed by atoms with Crippen molar-refractivity contribution >= 4 is 35.6 Å². The van der Waals surface area contributed by atoms with Crippen molar-refractivity contribution in [3.8, 4) is 0 Å². The van der Waals surface area contributed by atoms with E-state index in [0.29, 0.717) is 16.0 Å². The number of nitrogens with one attached hydrogen (secondary N) is 1. The molecule has 9 nitrogen and oxygen atoms in total. The third-order valence-corrected chi connectivity index (χ3v) is 8.46. The average Bonchev–Trinajstić information content (AvgIpc) is 3.31. The second kappa shape index (κ2) is 12.6. The number of β-lactam (4-membered cyclic amide) rings is 1. The number of alkyl halides is 3. The number of likely N-dealkylation sites (tertiary alicyclic amines) is 1. The Morgan fingerprint density at radius 2 is 1.62 bits per heavy atom. The molecule has 45 heavy (non-hydrogen) atoms. The summed E-state index contributed by atoms with van der Waals surface area (Å²) in [6, 6.07) is 15.7. The lowest BCUT2D eigenvalue weighted by Gasteiger charge is -2.51. The summed E-state index contributed by atoms with van der Waals surface area (Å²) in [5, 5.41) is 3.44. The summed E-state index contributed by atoms with van der Waals surface area (Å²) < 4.78 is 50.5. The van der Waals surface area contributed by atoms with E-state index in [0.717, 1.165) is 11.8 Å². The van der Waals surface area contributed by atoms with Gasteiger partial charge < -0.3 is 24.6 Å². The van der Waals surface area contributed by atoms with Crippen LogP contribution in [0.1, 0.15) is 44.4 Å². The number of fused-ring (bicyclic) bond motifs is 1. The molecule has 0 spiro atoms. The maximum absolute atomic E-state index is 14.1. The van der Waals surface area contributed by atoms with Gasteiger partial charge in [-0.2, -0.15) is 13.2 Å². The number of halogens is 3. The lowest BCUT2D eigenvalue weighted by atomic mass is 9.95. The van der Waals surface area contributed by atoms with Crippen LogP contribution in [0.4, 0.5) is 18.0 Å². The molecule has 1 N–H and O–H groups in total. The molecule has 3 heterocycles. The van der Waals surface area contributed by atoms with Gasteiger partial charge in [0, 0.05) is 12.1 Å². The monoisotopic (exact) mass is 643 g/mol. The van der Waals surface area contributed by atoms with Gasteiger partial charge in [0.1, 0.15) is 23.6 Å². The number of benzene rings is 2. The van der Waals surface area contributed by atoms with Crippen molar-refractivity contribution in [3.63, 3.8) is 0 Å². The molecule has 3 aliphatic rings. The highest BCUT2D eigenvalue weighted by atomic mass is 32.2. The minimum Gasteiger partial charge on any atom is -0.451 e. The Kier molecular flexibility index (Phi) is 9.02. The topological polar surface area (TPSA) is 105 Å². The first-order valence-corrected chi connectivity index (χ1v) is 15.2. The SMILES string of the molecule is CC(C)(C)OC(=O)NC1C(=O)N2C(C(=O)OC(c3ccccc3)c3ccccc3)C(C=C3CCN(CC(F)(F)F)C3=O)=CSC12. The third-order valence-electron chi connectivity index (χ3n) is 7.28. The first-order valence-electron chi connectivity index (χ1n) is 14.3. The van der Waals surface area contributed by atoms with Crippen molar-refractivity contribution in [2.24, 2.45) is 0 Å². The Balaban J connectivity index is 1.46. The van der Waals surface area contributed by atoms with E-state index in [1.54, 1.807) is 74.7 Å². The maximum Gasteiger partial charge on any atom is 0.408 e. The second-order valence-electron chi connectivity index (χ2n) is 11.8. The van der Waals surface area contributed by atoms with Gasteiger partial charge in [-0.15, -0.1) is 11.8 Å². The number of carbonyl (C=O) groups is 4. The van der Waals surface area contributed by atoms with Crippen LogP contribution in [-0.2, 0) is 23.9 Å². The van der Waals surface area contributed by atoms with Crippen LogP contribution in [0.5, 0.6) is 0 Å². The van der Waals surface area contributed by atoms with Gasteiger partial charge in [-0.1, -0.05) is 60.7 Å². The molecule has 3 amide bonds. The molecule has 3 atom stereocenters. The van der Waals surface area contributed by atoms with Crippen molar-refractivity contribution in [3.05, 3.63) is 94.4 Å². The van der Waals surface area contributed by atoms with Crippen LogP contribution >= 0.6 is 11.8 Å². The van der Waals surface area contributed by atoms with E-state index < -0.39 is 65.8 Å². The normalized spacial score (nSPS) is 22.6. The fourth-order valence-electron chi connectivity index (χ4n) is 5.34. The number of nitrogens with zero attached hydrogens (tertiary/aromatic N) is 2. The van der Waals surface area contributed by atoms with Crippen LogP contribution < -0.4 is 5.32 Å². The molecule has 0 radical (unpaired) electrons. The van der Waals surface area contributed by atoms with E-state index in [9.17, 15) is 32.3 Å². The molecule has 0 aromatic heterocycles. The minimum atomic E-state index is -4.56. The molecular formula is C32H32F3N3O6S. The summed E-state index contributed by atoms with van der Waals surface area (Å²) in [5.74, 6) is -2.17. The number of thioether (sulfide) groups is 1. The number of amides is 3. The fraction of sp³-hybridized carbons (Fsp3) is 0.375. The lowest BCUT2D eigenvalue weighted by Crippen LogP contribution is -2.74. The predicted molar refractivity (Wildman–Crippen MR) is 159 cm³/mol. The molecule has 2 aromatic rings. The van der Waals surface area contributed by atoms with Gasteiger partial charge >= 0.3 is 18.2 Å². The van der Waals surface area contributed by atoms with Crippen LogP contribution in [0, 0.1) is 0 Å². The quantitative estimate of drug-likeness (QED) is 0.254. The number of esters is 1. The van der Waals surface area contributed by atoms with E-state index in [4.69, 9.17) is 9.47 Å². The zero-order valence-electron chi connectivity index (χ0n) is 24.7. The average molecular weight is 644 g/mol. The molecular weight excluding hydrogens is 611 g/mol. The molecule has 0 aliphatic carbocycles. The summed E-state index contributed by atoms with van der Waals surface area (Å²) in [6.07, 6.45) is -4.80. The van der Waals surface area contributed by atoms with Gasteiger partial charge in [-0.25, -0.2) is 9.59 Å². The molecule has 3 aliphatic heterocycles. The maximum atomic E-state index is 14.1. The number of rotatable bonds is 7. The second-order valence-corrected chi connectivity index (χ2v) is 12.8. The number of alkyl carbamates (subject to hydrolysis) is 1. The van der Waals surface area contributed by atoms with Gasteiger partial charge in [0.15, 0.2) is 12.1 Å². The van der Waals surface area contributed by atoms with Crippen LogP contribution in [-0.4, -0.2) is 76.0 Å². The van der Waals surface area contributed by atoms with Crippen molar-refractivity contribution in [1.82, 2.24) is 15.1 Å². The molecule has 0 bridgehead atoms. The van der Waals surface area contributed by atoms with E-state index in [2.05, 4.69) is 5.32 Å². The highest BCUT2D eigenvalue weighted by Crippen LogP contribution is 2.42. The van der Waals surface area contributed by atoms with Crippen molar-refractivity contribution in [2.75, 3.05) is 13.1 Å². The van der Waals surface area contributed by atoms with E-state index >= 15 is 0 Å². The predicted octanol–water partition coefficient (Wildman–Crippen LogP) is 5.10. The van der Waals surface area contributed by atoms with Gasteiger partial charge in [-0.05, 0) is 55.4 Å². The largest absolute Gasteiger partial charge is 0.451 e. The van der Waals surface area contributed by atoms with Gasteiger partial charge in [0.25, 0.3) is 0 Å². The van der Waals surface area contributed by atoms with Crippen molar-refractivity contribution in [2.45, 2.75) is 62.5 Å². The van der Waals surface area contributed by atoms with Crippen LogP contribution in [0.3, 0.4) is 0 Å². The molecule has 2 fully saturated rings. The summed E-state index contributed by atoms with van der Waals surface area (Å²) in [7, 11) is 0. The van der Waals surface area contributed by atoms with Crippen LogP contribution in [0.25, 0.3) is 0 Å².